The van der Waals surface area contributed by atoms with E-state index in [4.69, 9.17) is 9.47 Å². The molecule has 0 saturated carbocycles. The third-order valence-corrected chi connectivity index (χ3v) is 8.66. The smallest absolute Gasteiger partial charge is 0.307 e. The molecule has 3 atom stereocenters. The van der Waals surface area contributed by atoms with Crippen molar-refractivity contribution in [2.75, 3.05) is 33.4 Å². The molecule has 2 amide bonds. The maximum absolute atomic E-state index is 14.1. The van der Waals surface area contributed by atoms with Crippen molar-refractivity contribution in [2.24, 2.45) is 0 Å². The molecule has 1 aromatic heterocycles. The molecule has 1 aliphatic carbocycles. The Labute approximate surface area is 255 Å². The van der Waals surface area contributed by atoms with Gasteiger partial charge in [-0.2, -0.15) is 0 Å². The number of hydrogen-bond donors (Lipinski definition) is 2. The van der Waals surface area contributed by atoms with Gasteiger partial charge in [-0.25, -0.2) is 0 Å². The van der Waals surface area contributed by atoms with E-state index in [0.717, 1.165) is 16.7 Å². The van der Waals surface area contributed by atoms with E-state index in [1.165, 1.54) is 19.4 Å². The van der Waals surface area contributed by atoms with E-state index in [-0.39, 0.29) is 48.7 Å². The fourth-order valence-electron chi connectivity index (χ4n) is 6.40. The molecule has 1 saturated heterocycles. The molecule has 230 valence electrons. The van der Waals surface area contributed by atoms with E-state index in [2.05, 4.69) is 10.3 Å². The summed E-state index contributed by atoms with van der Waals surface area (Å²) >= 11 is 0. The highest BCUT2D eigenvalue weighted by molar-refractivity contribution is 5.96. The highest BCUT2D eigenvalue weighted by atomic mass is 16.5. The van der Waals surface area contributed by atoms with Crippen molar-refractivity contribution in [2.45, 2.75) is 49.5 Å². The molecule has 3 aromatic rings. The number of aromatic nitrogens is 1. The molecule has 2 aliphatic rings. The molecule has 2 heterocycles. The van der Waals surface area contributed by atoms with E-state index < -0.39 is 22.9 Å². The fraction of sp³-hybridized carbons (Fsp3) is 0.382. The van der Waals surface area contributed by atoms with Crippen LogP contribution in [-0.4, -0.2) is 72.9 Å². The van der Waals surface area contributed by atoms with Crippen molar-refractivity contribution in [3.63, 3.8) is 0 Å². The van der Waals surface area contributed by atoms with Gasteiger partial charge < -0.3 is 24.7 Å². The number of methoxy groups -OCH3 is 1. The van der Waals surface area contributed by atoms with Gasteiger partial charge in [-0.15, -0.1) is 0 Å². The molecular weight excluding hydrogens is 562 g/mol. The van der Waals surface area contributed by atoms with Crippen LogP contribution in [0.25, 0.3) is 0 Å². The third kappa shape index (κ3) is 6.35. The quantitative estimate of drug-likeness (QED) is 0.270. The number of esters is 1. The van der Waals surface area contributed by atoms with Crippen molar-refractivity contribution in [1.82, 2.24) is 15.2 Å². The second-order valence-corrected chi connectivity index (χ2v) is 11.2. The van der Waals surface area contributed by atoms with Crippen LogP contribution in [0.4, 0.5) is 0 Å². The van der Waals surface area contributed by atoms with Crippen LogP contribution < -0.4 is 10.9 Å². The Kier molecular flexibility index (Phi) is 9.69. The predicted molar refractivity (Wildman–Crippen MR) is 162 cm³/mol. The maximum atomic E-state index is 14.1. The van der Waals surface area contributed by atoms with Crippen molar-refractivity contribution < 1.29 is 28.7 Å². The number of pyridine rings is 1. The summed E-state index contributed by atoms with van der Waals surface area (Å²) in [5.41, 5.74) is 1.06. The highest BCUT2D eigenvalue weighted by Crippen LogP contribution is 2.48. The average molecular weight is 600 g/mol. The van der Waals surface area contributed by atoms with E-state index in [1.807, 2.05) is 54.6 Å². The number of Topliss-reactive ketones (excluding diaryl/α,β-unsaturated/α-hetero) is 1. The Hall–Kier alpha value is -4.57. The molecule has 44 heavy (non-hydrogen) atoms. The first-order chi connectivity index (χ1) is 21.3. The normalized spacial score (nSPS) is 21.2. The van der Waals surface area contributed by atoms with Gasteiger partial charge in [0.2, 0.25) is 11.8 Å². The fourth-order valence-corrected chi connectivity index (χ4v) is 6.40. The number of amides is 2. The van der Waals surface area contributed by atoms with E-state index >= 15 is 0 Å². The molecule has 2 N–H and O–H groups in total. The summed E-state index contributed by atoms with van der Waals surface area (Å²) in [6.07, 6.45) is 2.59. The van der Waals surface area contributed by atoms with Gasteiger partial charge in [0.1, 0.15) is 0 Å². The molecule has 1 fully saturated rings. The number of aromatic amines is 1. The summed E-state index contributed by atoms with van der Waals surface area (Å²) in [6.45, 7) is 1.26. The number of nitrogens with zero attached hydrogens (tertiary/aromatic N) is 1. The lowest BCUT2D eigenvalue weighted by atomic mass is 9.62. The maximum Gasteiger partial charge on any atom is 0.307 e. The van der Waals surface area contributed by atoms with Crippen LogP contribution in [0.2, 0.25) is 0 Å². The summed E-state index contributed by atoms with van der Waals surface area (Å²) < 4.78 is 10.6. The van der Waals surface area contributed by atoms with Crippen LogP contribution in [0.5, 0.6) is 0 Å². The number of hydrogen-bond acceptors (Lipinski definition) is 7. The van der Waals surface area contributed by atoms with Crippen LogP contribution >= 0.6 is 0 Å². The van der Waals surface area contributed by atoms with Gasteiger partial charge >= 0.3 is 5.97 Å². The second kappa shape index (κ2) is 13.8. The monoisotopic (exact) mass is 599 g/mol. The summed E-state index contributed by atoms with van der Waals surface area (Å²) in [5.74, 6) is -1.38. The van der Waals surface area contributed by atoms with Crippen molar-refractivity contribution in [3.05, 3.63) is 106 Å². The van der Waals surface area contributed by atoms with E-state index in [0.29, 0.717) is 39.0 Å². The zero-order valence-electron chi connectivity index (χ0n) is 24.8. The predicted octanol–water partition coefficient (Wildman–Crippen LogP) is 3.11. The Morgan fingerprint density at radius 3 is 2.57 bits per heavy atom. The number of carbonyl (C=O) groups is 4. The molecule has 10 heteroatoms. The first-order valence-electron chi connectivity index (χ1n) is 15.0. The first-order valence-corrected chi connectivity index (χ1v) is 15.0. The number of carbonyl (C=O) groups excluding carboxylic acids is 4. The van der Waals surface area contributed by atoms with E-state index in [9.17, 15) is 24.0 Å². The second-order valence-electron chi connectivity index (χ2n) is 11.2. The Morgan fingerprint density at radius 1 is 1.02 bits per heavy atom. The minimum Gasteiger partial charge on any atom is -0.469 e. The zero-order valence-corrected chi connectivity index (χ0v) is 24.8. The van der Waals surface area contributed by atoms with Crippen LogP contribution in [-0.2, 0) is 29.3 Å². The number of ether oxygens (including phenoxy) is 2. The molecule has 2 aromatic carbocycles. The van der Waals surface area contributed by atoms with Gasteiger partial charge in [0, 0.05) is 32.3 Å². The average Bonchev–Trinajstić information content (AvgIpc) is 3.07. The topological polar surface area (TPSA) is 135 Å². The SMILES string of the molecule is COC(=O)CCNC(=O)[C@]1(c2ccccc2)CC[C@@H](C(=O)N2CCOC(CCC(=O)c3ccc[nH]c3=O)C2)c2ccccc21. The van der Waals surface area contributed by atoms with Crippen molar-refractivity contribution in [1.29, 1.82) is 0 Å². The number of nitrogens with one attached hydrogen (secondary N) is 2. The van der Waals surface area contributed by atoms with Crippen LogP contribution in [0.1, 0.15) is 65.1 Å². The summed E-state index contributed by atoms with van der Waals surface area (Å²) in [7, 11) is 1.31. The lowest BCUT2D eigenvalue weighted by Gasteiger charge is -2.43. The van der Waals surface area contributed by atoms with Gasteiger partial charge in [0.05, 0.1) is 43.1 Å². The molecule has 1 unspecified atom stereocenters. The van der Waals surface area contributed by atoms with Crippen molar-refractivity contribution in [3.8, 4) is 0 Å². The number of ketones is 1. The molecule has 0 bridgehead atoms. The number of H-pyrrole nitrogens is 1. The van der Waals surface area contributed by atoms with Gasteiger partial charge in [0.15, 0.2) is 5.78 Å². The number of fused-ring (bicyclic) bond motifs is 1. The van der Waals surface area contributed by atoms with Gasteiger partial charge in [-0.05, 0) is 48.1 Å². The molecular formula is C34H37N3O7. The van der Waals surface area contributed by atoms with E-state index in [1.54, 1.807) is 11.0 Å². The molecule has 5 rings (SSSR count). The largest absolute Gasteiger partial charge is 0.469 e. The van der Waals surface area contributed by atoms with Gasteiger partial charge in [-0.1, -0.05) is 54.6 Å². The molecule has 1 aliphatic heterocycles. The lowest BCUT2D eigenvalue weighted by molar-refractivity contribution is -0.142. The summed E-state index contributed by atoms with van der Waals surface area (Å²) in [6, 6.07) is 20.3. The lowest BCUT2D eigenvalue weighted by Crippen LogP contribution is -2.51. The van der Waals surface area contributed by atoms with Crippen LogP contribution in [0.3, 0.4) is 0 Å². The highest BCUT2D eigenvalue weighted by Gasteiger charge is 2.48. The Balaban J connectivity index is 1.35. The number of benzene rings is 2. The number of rotatable bonds is 10. The van der Waals surface area contributed by atoms with Crippen LogP contribution in [0.15, 0.2) is 77.7 Å². The van der Waals surface area contributed by atoms with Gasteiger partial charge in [0.25, 0.3) is 5.56 Å². The minimum atomic E-state index is -1.03. The molecule has 0 spiro atoms. The number of morpholine rings is 1. The summed E-state index contributed by atoms with van der Waals surface area (Å²) in [4.78, 5) is 68.7. The van der Waals surface area contributed by atoms with Crippen molar-refractivity contribution >= 4 is 23.6 Å². The molecule has 10 nitrogen and oxygen atoms in total. The van der Waals surface area contributed by atoms with Crippen LogP contribution in [0, 0.1) is 0 Å². The minimum absolute atomic E-state index is 0.0376. The van der Waals surface area contributed by atoms with Gasteiger partial charge in [-0.3, -0.25) is 24.0 Å². The first kappa shape index (κ1) is 30.9. The Bertz CT molecular complexity index is 1570. The zero-order chi connectivity index (χ0) is 31.1. The Morgan fingerprint density at radius 2 is 1.80 bits per heavy atom. The third-order valence-electron chi connectivity index (χ3n) is 8.66. The standard InChI is InChI=1S/C34H37N3O7/c1-43-30(39)16-19-36-33(42)34(23-8-3-2-4-9-23)17-15-26(25-10-5-6-12-28(25)34)32(41)37-20-21-44-24(22-37)13-14-29(38)27-11-7-18-35-31(27)40/h2-12,18,24,26H,13-17,19-22H2,1H3,(H,35,40)(H,36,42)/t24?,26-,34+/m1/s1. The molecule has 0 radical (unpaired) electrons. The summed E-state index contributed by atoms with van der Waals surface area (Å²) in [5, 5.41) is 2.95.